The second-order valence-corrected chi connectivity index (χ2v) is 7.50. The van der Waals surface area contributed by atoms with Gasteiger partial charge in [-0.05, 0) is 49.3 Å². The van der Waals surface area contributed by atoms with E-state index in [4.69, 9.17) is 17.0 Å². The lowest BCUT2D eigenvalue weighted by molar-refractivity contribution is -0.909. The summed E-state index contributed by atoms with van der Waals surface area (Å²) in [5.41, 5.74) is 3.69. The minimum Gasteiger partial charge on any atom is -0.370 e. The van der Waals surface area contributed by atoms with E-state index in [9.17, 15) is 4.39 Å². The van der Waals surface area contributed by atoms with Crippen molar-refractivity contribution < 1.29 is 14.0 Å². The fourth-order valence-electron chi connectivity index (χ4n) is 3.20. The zero-order valence-electron chi connectivity index (χ0n) is 15.8. The Morgan fingerprint density at radius 3 is 2.52 bits per heavy atom. The first-order valence-electron chi connectivity index (χ1n) is 9.33. The summed E-state index contributed by atoms with van der Waals surface area (Å²) in [4.78, 5) is 1.49. The Labute approximate surface area is 165 Å². The summed E-state index contributed by atoms with van der Waals surface area (Å²) in [6.07, 6.45) is 0. The molecule has 2 aromatic rings. The van der Waals surface area contributed by atoms with Crippen molar-refractivity contribution in [3.8, 4) is 0 Å². The molecule has 1 atom stereocenters. The molecule has 4 nitrogen and oxygen atoms in total. The zero-order valence-corrected chi connectivity index (χ0v) is 16.7. The summed E-state index contributed by atoms with van der Waals surface area (Å²) in [5, 5.41) is 7.02. The topological polar surface area (TPSA) is 37.7 Å². The fraction of sp³-hybridized carbons (Fsp3) is 0.381. The minimum absolute atomic E-state index is 0.0778. The average molecular weight is 389 g/mol. The van der Waals surface area contributed by atoms with Gasteiger partial charge < -0.3 is 20.3 Å². The number of aryl methyl sites for hydroxylation is 2. The van der Waals surface area contributed by atoms with Crippen molar-refractivity contribution in [2.24, 2.45) is 0 Å². The summed E-state index contributed by atoms with van der Waals surface area (Å²) < 4.78 is 19.3. The molecule has 6 heteroatoms. The summed E-state index contributed by atoms with van der Waals surface area (Å²) in [7, 11) is 0. The Morgan fingerprint density at radius 2 is 1.85 bits per heavy atom. The van der Waals surface area contributed by atoms with E-state index in [0.29, 0.717) is 16.4 Å². The van der Waals surface area contributed by atoms with E-state index in [1.54, 1.807) is 13.0 Å². The molecule has 3 N–H and O–H groups in total. The molecule has 1 fully saturated rings. The molecular weight excluding hydrogens is 361 g/mol. The van der Waals surface area contributed by atoms with Gasteiger partial charge in [0.2, 0.25) is 0 Å². The predicted octanol–water partition coefficient (Wildman–Crippen LogP) is 2.39. The standard InChI is InChI=1S/C21H26FN3OS/c1-15-3-6-17(7-4-15)20(14-25-9-11-26-12-10-25)24-21(27)23-18-8-5-16(2)19(22)13-18/h3-8,13,20H,9-12,14H2,1-2H3,(H2,23,24,27)/p+1/t20-/m1/s1. The third-order valence-corrected chi connectivity index (χ3v) is 5.13. The number of morpholine rings is 1. The zero-order chi connectivity index (χ0) is 19.2. The summed E-state index contributed by atoms with van der Waals surface area (Å²) in [6, 6.07) is 13.6. The number of ether oxygens (including phenoxy) is 1. The quantitative estimate of drug-likeness (QED) is 0.688. The van der Waals surface area contributed by atoms with Gasteiger partial charge >= 0.3 is 0 Å². The molecule has 0 spiro atoms. The second kappa shape index (κ2) is 9.26. The summed E-state index contributed by atoms with van der Waals surface area (Å²) in [5.74, 6) is -0.240. The van der Waals surface area contributed by atoms with E-state index in [0.717, 1.165) is 32.8 Å². The normalized spacial score (nSPS) is 16.0. The van der Waals surface area contributed by atoms with Crippen LogP contribution in [0.5, 0.6) is 0 Å². The van der Waals surface area contributed by atoms with Gasteiger partial charge in [0.25, 0.3) is 0 Å². The molecule has 1 aliphatic heterocycles. The number of rotatable bonds is 5. The van der Waals surface area contributed by atoms with E-state index in [1.807, 2.05) is 6.07 Å². The fourth-order valence-corrected chi connectivity index (χ4v) is 3.46. The SMILES string of the molecule is Cc1ccc([C@@H](C[NH+]2CCOCC2)NC(=S)Nc2ccc(C)c(F)c2)cc1. The van der Waals surface area contributed by atoms with Crippen LogP contribution >= 0.6 is 12.2 Å². The highest BCUT2D eigenvalue weighted by Gasteiger charge is 2.22. The van der Waals surface area contributed by atoms with Gasteiger partial charge in [0.05, 0.1) is 13.2 Å². The Hall–Kier alpha value is -2.02. The highest BCUT2D eigenvalue weighted by Crippen LogP contribution is 2.16. The molecule has 3 rings (SSSR count). The van der Waals surface area contributed by atoms with Crippen LogP contribution in [0, 0.1) is 19.7 Å². The predicted molar refractivity (Wildman–Crippen MR) is 111 cm³/mol. The Bertz CT molecular complexity index is 775. The van der Waals surface area contributed by atoms with Gasteiger partial charge in [-0.1, -0.05) is 35.9 Å². The maximum absolute atomic E-state index is 13.8. The lowest BCUT2D eigenvalue weighted by atomic mass is 10.0. The van der Waals surface area contributed by atoms with Crippen LogP contribution in [-0.2, 0) is 4.74 Å². The molecule has 0 bridgehead atoms. The van der Waals surface area contributed by atoms with Crippen LogP contribution in [0.1, 0.15) is 22.7 Å². The first-order valence-corrected chi connectivity index (χ1v) is 9.73. The number of hydrogen-bond donors (Lipinski definition) is 3. The molecule has 2 aromatic carbocycles. The van der Waals surface area contributed by atoms with Crippen LogP contribution in [0.15, 0.2) is 42.5 Å². The van der Waals surface area contributed by atoms with Crippen LogP contribution in [0.2, 0.25) is 0 Å². The molecule has 27 heavy (non-hydrogen) atoms. The van der Waals surface area contributed by atoms with Crippen molar-refractivity contribution in [2.45, 2.75) is 19.9 Å². The van der Waals surface area contributed by atoms with E-state index in [2.05, 4.69) is 41.8 Å². The van der Waals surface area contributed by atoms with Crippen molar-refractivity contribution >= 4 is 23.0 Å². The van der Waals surface area contributed by atoms with Crippen molar-refractivity contribution in [2.75, 3.05) is 38.2 Å². The van der Waals surface area contributed by atoms with Crippen LogP contribution in [0.4, 0.5) is 10.1 Å². The molecular formula is C21H27FN3OS+. The first-order chi connectivity index (χ1) is 13.0. The number of hydrogen-bond acceptors (Lipinski definition) is 2. The van der Waals surface area contributed by atoms with E-state index >= 15 is 0 Å². The van der Waals surface area contributed by atoms with Gasteiger partial charge in [0.15, 0.2) is 5.11 Å². The van der Waals surface area contributed by atoms with Gasteiger partial charge in [-0.3, -0.25) is 0 Å². The first kappa shape index (κ1) is 19.7. The van der Waals surface area contributed by atoms with Crippen LogP contribution in [0.3, 0.4) is 0 Å². The molecule has 0 aromatic heterocycles. The third-order valence-electron chi connectivity index (χ3n) is 4.91. The monoisotopic (exact) mass is 388 g/mol. The van der Waals surface area contributed by atoms with Crippen LogP contribution < -0.4 is 15.5 Å². The lowest BCUT2D eigenvalue weighted by Gasteiger charge is -2.29. The Balaban J connectivity index is 1.70. The van der Waals surface area contributed by atoms with E-state index < -0.39 is 0 Å². The summed E-state index contributed by atoms with van der Waals surface area (Å²) in [6.45, 7) is 8.31. The maximum atomic E-state index is 13.8. The highest BCUT2D eigenvalue weighted by atomic mass is 32.1. The molecule has 1 aliphatic rings. The van der Waals surface area contributed by atoms with E-state index in [-0.39, 0.29) is 11.9 Å². The number of halogens is 1. The van der Waals surface area contributed by atoms with Crippen molar-refractivity contribution in [1.82, 2.24) is 5.32 Å². The van der Waals surface area contributed by atoms with Crippen LogP contribution in [0.25, 0.3) is 0 Å². The van der Waals surface area contributed by atoms with Crippen molar-refractivity contribution in [3.05, 3.63) is 65.0 Å². The molecule has 0 radical (unpaired) electrons. The molecule has 0 amide bonds. The number of thiocarbonyl (C=S) groups is 1. The van der Waals surface area contributed by atoms with Crippen molar-refractivity contribution in [3.63, 3.8) is 0 Å². The Morgan fingerprint density at radius 1 is 1.15 bits per heavy atom. The molecule has 0 aliphatic carbocycles. The number of anilines is 1. The maximum Gasteiger partial charge on any atom is 0.171 e. The van der Waals surface area contributed by atoms with Gasteiger partial charge in [0, 0.05) is 5.69 Å². The average Bonchev–Trinajstić information content (AvgIpc) is 2.66. The lowest BCUT2D eigenvalue weighted by Crippen LogP contribution is -3.14. The largest absolute Gasteiger partial charge is 0.370 e. The van der Waals surface area contributed by atoms with Gasteiger partial charge in [-0.25, -0.2) is 4.39 Å². The third kappa shape index (κ3) is 5.73. The summed E-state index contributed by atoms with van der Waals surface area (Å²) >= 11 is 5.50. The van der Waals surface area contributed by atoms with Gasteiger partial charge in [0.1, 0.15) is 31.5 Å². The second-order valence-electron chi connectivity index (χ2n) is 7.09. The molecule has 0 unspecified atom stereocenters. The van der Waals surface area contributed by atoms with Crippen LogP contribution in [-0.4, -0.2) is 38.0 Å². The molecule has 144 valence electrons. The molecule has 0 saturated carbocycles. The molecule has 1 heterocycles. The van der Waals surface area contributed by atoms with Gasteiger partial charge in [-0.15, -0.1) is 0 Å². The number of nitrogens with one attached hydrogen (secondary N) is 3. The highest BCUT2D eigenvalue weighted by molar-refractivity contribution is 7.80. The Kier molecular flexibility index (Phi) is 6.77. The van der Waals surface area contributed by atoms with E-state index in [1.165, 1.54) is 22.1 Å². The minimum atomic E-state index is -0.240. The smallest absolute Gasteiger partial charge is 0.171 e. The molecule has 1 saturated heterocycles. The number of quaternary nitrogens is 1. The van der Waals surface area contributed by atoms with Gasteiger partial charge in [-0.2, -0.15) is 0 Å². The number of benzene rings is 2. The van der Waals surface area contributed by atoms with Crippen molar-refractivity contribution in [1.29, 1.82) is 0 Å².